The lowest BCUT2D eigenvalue weighted by atomic mass is 9.97. The van der Waals surface area contributed by atoms with Crippen molar-refractivity contribution < 1.29 is 14.0 Å². The van der Waals surface area contributed by atoms with Gasteiger partial charge in [0.25, 0.3) is 0 Å². The van der Waals surface area contributed by atoms with Crippen LogP contribution in [0.1, 0.15) is 36.4 Å². The highest BCUT2D eigenvalue weighted by Gasteiger charge is 2.21. The van der Waals surface area contributed by atoms with E-state index in [1.165, 1.54) is 12.1 Å². The molecule has 0 aliphatic carbocycles. The van der Waals surface area contributed by atoms with Crippen molar-refractivity contribution in [3.05, 3.63) is 71.5 Å². The fourth-order valence-corrected chi connectivity index (χ4v) is 2.37. The van der Waals surface area contributed by atoms with Gasteiger partial charge in [-0.3, -0.25) is 9.59 Å². The molecule has 0 heterocycles. The summed E-state index contributed by atoms with van der Waals surface area (Å²) in [4.78, 5) is 23.8. The predicted molar refractivity (Wildman–Crippen MR) is 86.0 cm³/mol. The van der Waals surface area contributed by atoms with Crippen LogP contribution in [-0.2, 0) is 9.59 Å². The summed E-state index contributed by atoms with van der Waals surface area (Å²) in [6.45, 7) is 1.87. The fourth-order valence-electron chi connectivity index (χ4n) is 2.37. The molecule has 2 atom stereocenters. The summed E-state index contributed by atoms with van der Waals surface area (Å²) in [5.74, 6) is -1.31. The van der Waals surface area contributed by atoms with Crippen LogP contribution in [-0.4, -0.2) is 11.8 Å². The molecule has 0 saturated carbocycles. The van der Waals surface area contributed by atoms with Gasteiger partial charge in [0.05, 0.1) is 0 Å². The minimum absolute atomic E-state index is 0.0973. The number of benzene rings is 2. The van der Waals surface area contributed by atoms with Crippen molar-refractivity contribution in [1.82, 2.24) is 5.32 Å². The van der Waals surface area contributed by atoms with Crippen molar-refractivity contribution >= 4 is 11.8 Å². The second-order valence-corrected chi connectivity index (χ2v) is 5.47. The van der Waals surface area contributed by atoms with Gasteiger partial charge in [-0.25, -0.2) is 4.39 Å². The monoisotopic (exact) mass is 314 g/mol. The summed E-state index contributed by atoms with van der Waals surface area (Å²) < 4.78 is 12.9. The summed E-state index contributed by atoms with van der Waals surface area (Å²) in [5, 5.41) is 2.66. The maximum atomic E-state index is 12.9. The van der Waals surface area contributed by atoms with E-state index in [0.29, 0.717) is 5.56 Å². The van der Waals surface area contributed by atoms with E-state index in [9.17, 15) is 14.0 Å². The first-order valence-electron chi connectivity index (χ1n) is 7.36. The second kappa shape index (κ2) is 7.54. The molecule has 23 heavy (non-hydrogen) atoms. The van der Waals surface area contributed by atoms with Gasteiger partial charge in [0, 0.05) is 6.42 Å². The largest absolute Gasteiger partial charge is 0.368 e. The maximum Gasteiger partial charge on any atom is 0.244 e. The van der Waals surface area contributed by atoms with E-state index in [2.05, 4.69) is 5.32 Å². The average molecular weight is 314 g/mol. The van der Waals surface area contributed by atoms with E-state index in [0.717, 1.165) is 5.56 Å². The zero-order chi connectivity index (χ0) is 16.8. The smallest absolute Gasteiger partial charge is 0.244 e. The molecule has 0 fully saturated rings. The van der Waals surface area contributed by atoms with Crippen molar-refractivity contribution in [3.8, 4) is 0 Å². The molecule has 0 aliphatic heterocycles. The normalized spacial score (nSPS) is 13.1. The third kappa shape index (κ3) is 4.64. The number of nitrogens with one attached hydrogen (secondary N) is 1. The second-order valence-electron chi connectivity index (χ2n) is 5.47. The standard InChI is InChI=1S/C18H19FN2O2/c1-12(13-7-9-15(19)10-8-13)11-16(22)21-17(18(20)23)14-5-3-2-4-6-14/h2-10,12,17H,11H2,1H3,(H2,20,23)(H,21,22)/t12-,17+/m1/s1. The van der Waals surface area contributed by atoms with Crippen molar-refractivity contribution in [1.29, 1.82) is 0 Å². The number of primary amides is 1. The van der Waals surface area contributed by atoms with E-state index in [4.69, 9.17) is 5.73 Å². The quantitative estimate of drug-likeness (QED) is 0.860. The van der Waals surface area contributed by atoms with Crippen LogP contribution in [0.3, 0.4) is 0 Å². The molecule has 120 valence electrons. The van der Waals surface area contributed by atoms with Gasteiger partial charge in [0.1, 0.15) is 11.9 Å². The highest BCUT2D eigenvalue weighted by molar-refractivity contribution is 5.87. The molecule has 0 radical (unpaired) electrons. The van der Waals surface area contributed by atoms with Crippen LogP contribution in [0.4, 0.5) is 4.39 Å². The molecule has 0 aliphatic rings. The molecule has 3 N–H and O–H groups in total. The average Bonchev–Trinajstić information content (AvgIpc) is 2.53. The molecule has 5 heteroatoms. The summed E-state index contributed by atoms with van der Waals surface area (Å²) in [7, 11) is 0. The number of amides is 2. The molecule has 2 aromatic rings. The Morgan fingerprint density at radius 3 is 2.22 bits per heavy atom. The Morgan fingerprint density at radius 1 is 1.04 bits per heavy atom. The highest BCUT2D eigenvalue weighted by atomic mass is 19.1. The van der Waals surface area contributed by atoms with Gasteiger partial charge >= 0.3 is 0 Å². The van der Waals surface area contributed by atoms with E-state index in [1.807, 2.05) is 13.0 Å². The zero-order valence-corrected chi connectivity index (χ0v) is 12.8. The summed E-state index contributed by atoms with van der Waals surface area (Å²) >= 11 is 0. The SMILES string of the molecule is C[C@H](CC(=O)N[C@H](C(N)=O)c1ccccc1)c1ccc(F)cc1. The Bertz CT molecular complexity index is 671. The highest BCUT2D eigenvalue weighted by Crippen LogP contribution is 2.20. The molecule has 0 aromatic heterocycles. The van der Waals surface area contributed by atoms with Crippen LogP contribution < -0.4 is 11.1 Å². The minimum atomic E-state index is -0.857. The molecule has 0 unspecified atom stereocenters. The van der Waals surface area contributed by atoms with Gasteiger partial charge in [0.2, 0.25) is 11.8 Å². The van der Waals surface area contributed by atoms with Crippen LogP contribution in [0.2, 0.25) is 0 Å². The Morgan fingerprint density at radius 2 is 1.65 bits per heavy atom. The lowest BCUT2D eigenvalue weighted by Crippen LogP contribution is -2.37. The number of halogens is 1. The molecule has 0 bridgehead atoms. The van der Waals surface area contributed by atoms with Gasteiger partial charge in [-0.1, -0.05) is 49.4 Å². The first kappa shape index (κ1) is 16.7. The minimum Gasteiger partial charge on any atom is -0.368 e. The van der Waals surface area contributed by atoms with E-state index in [-0.39, 0.29) is 24.1 Å². The molecule has 0 spiro atoms. The Balaban J connectivity index is 2.02. The number of hydrogen-bond acceptors (Lipinski definition) is 2. The molecule has 4 nitrogen and oxygen atoms in total. The first-order chi connectivity index (χ1) is 11.0. The predicted octanol–water partition coefficient (Wildman–Crippen LogP) is 2.66. The fraction of sp³-hybridized carbons (Fsp3) is 0.222. The number of nitrogens with two attached hydrogens (primary N) is 1. The number of carbonyl (C=O) groups is 2. The Labute approximate surface area is 134 Å². The van der Waals surface area contributed by atoms with Crippen molar-refractivity contribution in [2.75, 3.05) is 0 Å². The molecule has 2 aromatic carbocycles. The number of carbonyl (C=O) groups excluding carboxylic acids is 2. The molecular weight excluding hydrogens is 295 g/mol. The van der Waals surface area contributed by atoms with Crippen LogP contribution in [0.5, 0.6) is 0 Å². The number of hydrogen-bond donors (Lipinski definition) is 2. The lowest BCUT2D eigenvalue weighted by Gasteiger charge is -2.18. The number of rotatable bonds is 6. The van der Waals surface area contributed by atoms with Gasteiger partial charge in [-0.05, 0) is 29.2 Å². The van der Waals surface area contributed by atoms with Gasteiger partial charge in [0.15, 0.2) is 0 Å². The molecule has 2 rings (SSSR count). The van der Waals surface area contributed by atoms with E-state index >= 15 is 0 Å². The lowest BCUT2D eigenvalue weighted by molar-refractivity contribution is -0.127. The van der Waals surface area contributed by atoms with Crippen molar-refractivity contribution in [2.24, 2.45) is 5.73 Å². The molecular formula is C18H19FN2O2. The summed E-state index contributed by atoms with van der Waals surface area (Å²) in [6.07, 6.45) is 0.183. The van der Waals surface area contributed by atoms with E-state index < -0.39 is 11.9 Å². The maximum absolute atomic E-state index is 12.9. The molecule has 0 saturated heterocycles. The van der Waals surface area contributed by atoms with Crippen LogP contribution >= 0.6 is 0 Å². The Hall–Kier alpha value is -2.69. The van der Waals surface area contributed by atoms with Crippen molar-refractivity contribution in [2.45, 2.75) is 25.3 Å². The van der Waals surface area contributed by atoms with Crippen LogP contribution in [0, 0.1) is 5.82 Å². The van der Waals surface area contributed by atoms with Crippen LogP contribution in [0.25, 0.3) is 0 Å². The topological polar surface area (TPSA) is 72.2 Å². The summed E-state index contributed by atoms with van der Waals surface area (Å²) in [5.41, 5.74) is 6.88. The zero-order valence-electron chi connectivity index (χ0n) is 12.8. The van der Waals surface area contributed by atoms with Crippen LogP contribution in [0.15, 0.2) is 54.6 Å². The first-order valence-corrected chi connectivity index (χ1v) is 7.36. The summed E-state index contributed by atoms with van der Waals surface area (Å²) in [6, 6.07) is 14.0. The van der Waals surface area contributed by atoms with Crippen molar-refractivity contribution in [3.63, 3.8) is 0 Å². The van der Waals surface area contributed by atoms with E-state index in [1.54, 1.807) is 36.4 Å². The third-order valence-corrected chi connectivity index (χ3v) is 3.65. The molecule has 2 amide bonds. The third-order valence-electron chi connectivity index (χ3n) is 3.65. The van der Waals surface area contributed by atoms with Gasteiger partial charge in [-0.15, -0.1) is 0 Å². The Kier molecular flexibility index (Phi) is 5.46. The van der Waals surface area contributed by atoms with Gasteiger partial charge in [-0.2, -0.15) is 0 Å². The van der Waals surface area contributed by atoms with Gasteiger partial charge < -0.3 is 11.1 Å².